The number of nitrogens with zero attached hydrogens (tertiary/aromatic N) is 2. The van der Waals surface area contributed by atoms with E-state index in [0.717, 1.165) is 38.2 Å². The first-order valence-electron chi connectivity index (χ1n) is 6.82. The number of H-pyrrole nitrogens is 1. The molecule has 1 aliphatic carbocycles. The Bertz CT molecular complexity index is 527. The van der Waals surface area contributed by atoms with Crippen LogP contribution in [0.2, 0.25) is 0 Å². The Morgan fingerprint density at radius 3 is 3.00 bits per heavy atom. The zero-order valence-electron chi connectivity index (χ0n) is 11.0. The maximum Gasteiger partial charge on any atom is 0.265 e. The van der Waals surface area contributed by atoms with E-state index in [2.05, 4.69) is 37.7 Å². The highest BCUT2D eigenvalue weighted by Crippen LogP contribution is 2.41. The highest BCUT2D eigenvalue weighted by atomic mass is 79.9. The van der Waals surface area contributed by atoms with Crippen molar-refractivity contribution >= 4 is 15.9 Å². The van der Waals surface area contributed by atoms with E-state index in [0.29, 0.717) is 22.8 Å². The summed E-state index contributed by atoms with van der Waals surface area (Å²) in [6, 6.07) is 0. The highest BCUT2D eigenvalue weighted by Gasteiger charge is 2.31. The number of morpholine rings is 1. The SMILES string of the molecule is CCN1CCOC(c2nc(C3CC3)c(Br)c(=O)[nH]2)C1. The average molecular weight is 328 g/mol. The van der Waals surface area contributed by atoms with Gasteiger partial charge < -0.3 is 9.72 Å². The van der Waals surface area contributed by atoms with Gasteiger partial charge in [-0.1, -0.05) is 6.92 Å². The summed E-state index contributed by atoms with van der Waals surface area (Å²) in [6.07, 6.45) is 2.13. The van der Waals surface area contributed by atoms with Crippen LogP contribution in [0, 0.1) is 0 Å². The molecule has 2 fully saturated rings. The highest BCUT2D eigenvalue weighted by molar-refractivity contribution is 9.10. The molecule has 0 radical (unpaired) electrons. The van der Waals surface area contributed by atoms with Crippen LogP contribution < -0.4 is 5.56 Å². The zero-order chi connectivity index (χ0) is 13.4. The minimum atomic E-state index is -0.119. The number of aromatic amines is 1. The molecule has 19 heavy (non-hydrogen) atoms. The van der Waals surface area contributed by atoms with E-state index in [1.165, 1.54) is 0 Å². The Morgan fingerprint density at radius 1 is 1.53 bits per heavy atom. The van der Waals surface area contributed by atoms with Crippen LogP contribution in [0.1, 0.15) is 43.3 Å². The second-order valence-electron chi connectivity index (χ2n) is 5.18. The van der Waals surface area contributed by atoms with Crippen LogP contribution in [-0.4, -0.2) is 41.1 Å². The molecule has 1 aromatic rings. The van der Waals surface area contributed by atoms with Crippen LogP contribution in [0.15, 0.2) is 9.27 Å². The van der Waals surface area contributed by atoms with E-state index in [-0.39, 0.29) is 11.7 Å². The summed E-state index contributed by atoms with van der Waals surface area (Å²) in [5.74, 6) is 1.12. The van der Waals surface area contributed by atoms with Gasteiger partial charge in [0, 0.05) is 19.0 Å². The Kier molecular flexibility index (Phi) is 3.73. The van der Waals surface area contributed by atoms with Crippen molar-refractivity contribution in [2.45, 2.75) is 31.8 Å². The summed E-state index contributed by atoms with van der Waals surface area (Å²) >= 11 is 3.35. The van der Waals surface area contributed by atoms with Crippen LogP contribution in [-0.2, 0) is 4.74 Å². The molecular weight excluding hydrogens is 310 g/mol. The topological polar surface area (TPSA) is 58.2 Å². The summed E-state index contributed by atoms with van der Waals surface area (Å²) in [4.78, 5) is 21.8. The Balaban J connectivity index is 1.89. The van der Waals surface area contributed by atoms with Crippen LogP contribution >= 0.6 is 15.9 Å². The lowest BCUT2D eigenvalue weighted by atomic mass is 10.2. The zero-order valence-corrected chi connectivity index (χ0v) is 12.6. The molecule has 1 N–H and O–H groups in total. The van der Waals surface area contributed by atoms with Gasteiger partial charge in [0.05, 0.1) is 12.3 Å². The van der Waals surface area contributed by atoms with Gasteiger partial charge in [0.25, 0.3) is 5.56 Å². The minimum absolute atomic E-state index is 0.0934. The first-order chi connectivity index (χ1) is 9.19. The number of likely N-dealkylation sites (N-methyl/N-ethyl adjacent to an activating group) is 1. The van der Waals surface area contributed by atoms with Crippen molar-refractivity contribution in [2.75, 3.05) is 26.2 Å². The molecule has 1 atom stereocenters. The van der Waals surface area contributed by atoms with Crippen LogP contribution in [0.5, 0.6) is 0 Å². The van der Waals surface area contributed by atoms with E-state index in [4.69, 9.17) is 4.74 Å². The first kappa shape index (κ1) is 13.3. The molecule has 1 aromatic heterocycles. The van der Waals surface area contributed by atoms with E-state index in [1.807, 2.05) is 0 Å². The number of hydrogen-bond donors (Lipinski definition) is 1. The number of nitrogens with one attached hydrogen (secondary N) is 1. The van der Waals surface area contributed by atoms with E-state index in [1.54, 1.807) is 0 Å². The lowest BCUT2D eigenvalue weighted by Gasteiger charge is -2.31. The summed E-state index contributed by atoms with van der Waals surface area (Å²) in [6.45, 7) is 5.57. The van der Waals surface area contributed by atoms with Crippen LogP contribution in [0.3, 0.4) is 0 Å². The van der Waals surface area contributed by atoms with Gasteiger partial charge in [-0.3, -0.25) is 9.69 Å². The third-order valence-corrected chi connectivity index (χ3v) is 4.54. The van der Waals surface area contributed by atoms with Gasteiger partial charge in [-0.15, -0.1) is 0 Å². The fourth-order valence-electron chi connectivity index (χ4n) is 2.43. The first-order valence-corrected chi connectivity index (χ1v) is 7.62. The van der Waals surface area contributed by atoms with Crippen molar-refractivity contribution in [3.8, 4) is 0 Å². The van der Waals surface area contributed by atoms with Crippen molar-refractivity contribution in [1.29, 1.82) is 0 Å². The molecule has 1 saturated carbocycles. The molecular formula is C13H18BrN3O2. The maximum atomic E-state index is 12.0. The van der Waals surface area contributed by atoms with Gasteiger partial charge in [0.15, 0.2) is 0 Å². The third kappa shape index (κ3) is 2.75. The smallest absolute Gasteiger partial charge is 0.265 e. The molecule has 0 spiro atoms. The molecule has 6 heteroatoms. The molecule has 5 nitrogen and oxygen atoms in total. The quantitative estimate of drug-likeness (QED) is 0.919. The van der Waals surface area contributed by atoms with E-state index < -0.39 is 0 Å². The van der Waals surface area contributed by atoms with Crippen molar-refractivity contribution in [1.82, 2.24) is 14.9 Å². The van der Waals surface area contributed by atoms with Gasteiger partial charge in [0.2, 0.25) is 0 Å². The van der Waals surface area contributed by atoms with Crippen molar-refractivity contribution in [2.24, 2.45) is 0 Å². The van der Waals surface area contributed by atoms with Crippen molar-refractivity contribution < 1.29 is 4.74 Å². The molecule has 0 bridgehead atoms. The standard InChI is InChI=1S/C13H18BrN3O2/c1-2-17-5-6-19-9(7-17)12-15-11(8-3-4-8)10(14)13(18)16-12/h8-9H,2-7H2,1H3,(H,15,16,18). The van der Waals surface area contributed by atoms with Gasteiger partial charge in [0.1, 0.15) is 16.4 Å². The molecule has 2 aliphatic rings. The molecule has 2 heterocycles. The second-order valence-corrected chi connectivity index (χ2v) is 5.97. The summed E-state index contributed by atoms with van der Waals surface area (Å²) in [7, 11) is 0. The number of ether oxygens (including phenoxy) is 1. The summed E-state index contributed by atoms with van der Waals surface area (Å²) < 4.78 is 6.34. The Hall–Kier alpha value is -0.720. The summed E-state index contributed by atoms with van der Waals surface area (Å²) in [5.41, 5.74) is 0.806. The van der Waals surface area contributed by atoms with E-state index >= 15 is 0 Å². The molecule has 1 aliphatic heterocycles. The molecule has 0 amide bonds. The normalized spacial score (nSPS) is 24.6. The second kappa shape index (κ2) is 5.34. The van der Waals surface area contributed by atoms with Crippen LogP contribution in [0.4, 0.5) is 0 Å². The predicted molar refractivity (Wildman–Crippen MR) is 75.3 cm³/mol. The van der Waals surface area contributed by atoms with Crippen LogP contribution in [0.25, 0.3) is 0 Å². The lowest BCUT2D eigenvalue weighted by Crippen LogP contribution is -2.39. The van der Waals surface area contributed by atoms with Crippen molar-refractivity contribution in [3.05, 3.63) is 26.3 Å². The fourth-order valence-corrected chi connectivity index (χ4v) is 2.94. The van der Waals surface area contributed by atoms with E-state index in [9.17, 15) is 4.79 Å². The summed E-state index contributed by atoms with van der Waals surface area (Å²) in [5, 5.41) is 0. The largest absolute Gasteiger partial charge is 0.368 e. The fraction of sp³-hybridized carbons (Fsp3) is 0.692. The minimum Gasteiger partial charge on any atom is -0.368 e. The van der Waals surface area contributed by atoms with Crippen molar-refractivity contribution in [3.63, 3.8) is 0 Å². The Labute approximate surface area is 120 Å². The predicted octanol–water partition coefficient (Wildman–Crippen LogP) is 1.80. The Morgan fingerprint density at radius 2 is 2.32 bits per heavy atom. The molecule has 3 rings (SSSR count). The average Bonchev–Trinajstić information content (AvgIpc) is 3.26. The number of halogens is 1. The third-order valence-electron chi connectivity index (χ3n) is 3.77. The molecule has 0 aromatic carbocycles. The monoisotopic (exact) mass is 327 g/mol. The molecule has 1 saturated heterocycles. The van der Waals surface area contributed by atoms with Gasteiger partial charge in [-0.25, -0.2) is 4.98 Å². The molecule has 104 valence electrons. The molecule has 1 unspecified atom stereocenters. The number of rotatable bonds is 3. The number of aromatic nitrogens is 2. The van der Waals surface area contributed by atoms with Gasteiger partial charge in [-0.05, 0) is 35.3 Å². The van der Waals surface area contributed by atoms with Gasteiger partial charge in [-0.2, -0.15) is 0 Å². The van der Waals surface area contributed by atoms with Gasteiger partial charge >= 0.3 is 0 Å². The number of hydrogen-bond acceptors (Lipinski definition) is 4. The maximum absolute atomic E-state index is 12.0. The lowest BCUT2D eigenvalue weighted by molar-refractivity contribution is -0.0328.